The van der Waals surface area contributed by atoms with Gasteiger partial charge in [-0.1, -0.05) is 12.1 Å². The minimum atomic E-state index is -0.506. The van der Waals surface area contributed by atoms with Crippen molar-refractivity contribution in [2.75, 3.05) is 31.5 Å². The number of hydrogen-bond acceptors (Lipinski definition) is 5. The molecule has 1 aromatic heterocycles. The minimum absolute atomic E-state index is 0.0692. The fourth-order valence-electron chi connectivity index (χ4n) is 3.93. The van der Waals surface area contributed by atoms with Gasteiger partial charge in [0.25, 0.3) is 0 Å². The summed E-state index contributed by atoms with van der Waals surface area (Å²) < 4.78 is 5.64. The van der Waals surface area contributed by atoms with Crippen molar-refractivity contribution in [3.05, 3.63) is 47.7 Å². The summed E-state index contributed by atoms with van der Waals surface area (Å²) in [5.74, 6) is 0. The molecule has 1 saturated heterocycles. The zero-order valence-electron chi connectivity index (χ0n) is 16.8. The Bertz CT molecular complexity index is 875. The summed E-state index contributed by atoms with van der Waals surface area (Å²) in [5.41, 5.74) is 5.20. The first-order valence-corrected chi connectivity index (χ1v) is 9.95. The van der Waals surface area contributed by atoms with Crippen LogP contribution in [0, 0.1) is 0 Å². The Labute approximate surface area is 166 Å². The van der Waals surface area contributed by atoms with E-state index in [1.165, 1.54) is 11.3 Å². The van der Waals surface area contributed by atoms with Crippen LogP contribution in [-0.4, -0.2) is 47.8 Å². The van der Waals surface area contributed by atoms with Gasteiger partial charge in [0.15, 0.2) is 0 Å². The van der Waals surface area contributed by atoms with Crippen LogP contribution >= 0.6 is 0 Å². The monoisotopic (exact) mass is 380 g/mol. The van der Waals surface area contributed by atoms with Crippen molar-refractivity contribution in [1.29, 1.82) is 0 Å². The van der Waals surface area contributed by atoms with Crippen molar-refractivity contribution < 1.29 is 9.53 Å². The van der Waals surface area contributed by atoms with E-state index in [1.54, 1.807) is 0 Å². The van der Waals surface area contributed by atoms with Gasteiger partial charge in [0.05, 0.1) is 11.7 Å². The van der Waals surface area contributed by atoms with Crippen molar-refractivity contribution in [2.24, 2.45) is 0 Å². The lowest BCUT2D eigenvalue weighted by Gasteiger charge is -2.37. The SMILES string of the molecule is CC(C)(C)OC(=O)N1CCNCC1c1ccnc(-c2cccc3c2CCN3)c1. The van der Waals surface area contributed by atoms with E-state index in [2.05, 4.69) is 39.9 Å². The first kappa shape index (κ1) is 18.7. The van der Waals surface area contributed by atoms with E-state index in [0.29, 0.717) is 13.1 Å². The molecule has 0 saturated carbocycles. The Morgan fingerprint density at radius 3 is 2.93 bits per heavy atom. The van der Waals surface area contributed by atoms with Gasteiger partial charge >= 0.3 is 6.09 Å². The van der Waals surface area contributed by atoms with Crippen LogP contribution < -0.4 is 10.6 Å². The number of benzene rings is 1. The van der Waals surface area contributed by atoms with Gasteiger partial charge in [-0.15, -0.1) is 0 Å². The van der Waals surface area contributed by atoms with E-state index >= 15 is 0 Å². The Morgan fingerprint density at radius 1 is 1.25 bits per heavy atom. The number of nitrogens with one attached hydrogen (secondary N) is 2. The number of anilines is 1. The Morgan fingerprint density at radius 2 is 2.11 bits per heavy atom. The molecule has 1 unspecified atom stereocenters. The molecule has 4 rings (SSSR count). The predicted octanol–water partition coefficient (Wildman–Crippen LogP) is 3.60. The molecular formula is C22H28N4O2. The van der Waals surface area contributed by atoms with Crippen molar-refractivity contribution in [3.63, 3.8) is 0 Å². The van der Waals surface area contributed by atoms with Gasteiger partial charge in [-0.25, -0.2) is 4.79 Å². The average Bonchev–Trinajstić information content (AvgIpc) is 3.15. The molecule has 2 aromatic rings. The van der Waals surface area contributed by atoms with Gasteiger partial charge in [-0.2, -0.15) is 0 Å². The highest BCUT2D eigenvalue weighted by molar-refractivity contribution is 5.74. The molecule has 0 aliphatic carbocycles. The third-order valence-electron chi connectivity index (χ3n) is 5.18. The van der Waals surface area contributed by atoms with Crippen LogP contribution in [0.4, 0.5) is 10.5 Å². The van der Waals surface area contributed by atoms with Gasteiger partial charge in [0.1, 0.15) is 5.60 Å². The summed E-state index contributed by atoms with van der Waals surface area (Å²) in [6.07, 6.45) is 2.59. The quantitative estimate of drug-likeness (QED) is 0.833. The van der Waals surface area contributed by atoms with Gasteiger partial charge < -0.3 is 15.4 Å². The van der Waals surface area contributed by atoms with E-state index in [9.17, 15) is 4.79 Å². The molecule has 2 aliphatic rings. The molecule has 28 heavy (non-hydrogen) atoms. The Kier molecular flexibility index (Phi) is 4.98. The van der Waals surface area contributed by atoms with Crippen LogP contribution in [-0.2, 0) is 11.2 Å². The van der Waals surface area contributed by atoms with Crippen LogP contribution in [0.3, 0.4) is 0 Å². The molecule has 3 heterocycles. The second kappa shape index (κ2) is 7.43. The zero-order valence-corrected chi connectivity index (χ0v) is 16.8. The number of carbonyl (C=O) groups is 1. The fourth-order valence-corrected chi connectivity index (χ4v) is 3.93. The maximum atomic E-state index is 12.8. The van der Waals surface area contributed by atoms with Crippen LogP contribution in [0.2, 0.25) is 0 Å². The van der Waals surface area contributed by atoms with Gasteiger partial charge in [0.2, 0.25) is 0 Å². The summed E-state index contributed by atoms with van der Waals surface area (Å²) in [4.78, 5) is 19.2. The van der Waals surface area contributed by atoms with Gasteiger partial charge in [-0.05, 0) is 56.5 Å². The lowest BCUT2D eigenvalue weighted by Crippen LogP contribution is -2.50. The molecule has 148 valence electrons. The van der Waals surface area contributed by atoms with E-state index in [0.717, 1.165) is 36.3 Å². The van der Waals surface area contributed by atoms with E-state index in [4.69, 9.17) is 4.74 Å². The molecule has 1 atom stereocenters. The lowest BCUT2D eigenvalue weighted by molar-refractivity contribution is 0.0118. The number of carbonyl (C=O) groups excluding carboxylic acids is 1. The maximum absolute atomic E-state index is 12.8. The number of hydrogen-bond donors (Lipinski definition) is 2. The number of pyridine rings is 1. The Balaban J connectivity index is 1.65. The van der Waals surface area contributed by atoms with Crippen LogP contribution in [0.5, 0.6) is 0 Å². The second-order valence-corrected chi connectivity index (χ2v) is 8.38. The predicted molar refractivity (Wildman–Crippen MR) is 110 cm³/mol. The highest BCUT2D eigenvalue weighted by Gasteiger charge is 2.31. The molecule has 0 radical (unpaired) electrons. The number of rotatable bonds is 2. The maximum Gasteiger partial charge on any atom is 0.410 e. The van der Waals surface area contributed by atoms with Gasteiger partial charge in [0, 0.05) is 43.6 Å². The van der Waals surface area contributed by atoms with Crippen molar-refractivity contribution in [2.45, 2.75) is 38.8 Å². The molecule has 6 nitrogen and oxygen atoms in total. The molecule has 2 N–H and O–H groups in total. The summed E-state index contributed by atoms with van der Waals surface area (Å²) in [5, 5.41) is 6.83. The molecule has 6 heteroatoms. The van der Waals surface area contributed by atoms with Crippen LogP contribution in [0.25, 0.3) is 11.3 Å². The van der Waals surface area contributed by atoms with E-state index < -0.39 is 5.60 Å². The second-order valence-electron chi connectivity index (χ2n) is 8.38. The lowest BCUT2D eigenvalue weighted by atomic mass is 9.98. The largest absolute Gasteiger partial charge is 0.444 e. The van der Waals surface area contributed by atoms with Crippen LogP contribution in [0.15, 0.2) is 36.5 Å². The highest BCUT2D eigenvalue weighted by atomic mass is 16.6. The third-order valence-corrected chi connectivity index (χ3v) is 5.18. The molecular weight excluding hydrogens is 352 g/mol. The number of fused-ring (bicyclic) bond motifs is 1. The molecule has 0 spiro atoms. The fraction of sp³-hybridized carbons (Fsp3) is 0.455. The van der Waals surface area contributed by atoms with Crippen molar-refractivity contribution in [1.82, 2.24) is 15.2 Å². The standard InChI is InChI=1S/C22H28N4O2/c1-22(2,3)28-21(27)26-12-11-23-14-20(26)15-7-9-25-19(13-15)16-5-4-6-18-17(16)8-10-24-18/h4-7,9,13,20,23-24H,8,10-12,14H2,1-3H3. The molecule has 1 aromatic carbocycles. The number of aromatic nitrogens is 1. The smallest absolute Gasteiger partial charge is 0.410 e. The van der Waals surface area contributed by atoms with E-state index in [1.807, 2.05) is 37.9 Å². The number of ether oxygens (including phenoxy) is 1. The molecule has 1 fully saturated rings. The molecule has 1 amide bonds. The number of piperazine rings is 1. The van der Waals surface area contributed by atoms with Crippen molar-refractivity contribution in [3.8, 4) is 11.3 Å². The first-order chi connectivity index (χ1) is 13.4. The summed E-state index contributed by atoms with van der Waals surface area (Å²) in [6.45, 7) is 8.76. The van der Waals surface area contributed by atoms with Crippen molar-refractivity contribution >= 4 is 11.8 Å². The summed E-state index contributed by atoms with van der Waals surface area (Å²) in [7, 11) is 0. The van der Waals surface area contributed by atoms with Crippen LogP contribution in [0.1, 0.15) is 37.9 Å². The summed E-state index contributed by atoms with van der Waals surface area (Å²) >= 11 is 0. The number of amides is 1. The van der Waals surface area contributed by atoms with E-state index in [-0.39, 0.29) is 12.1 Å². The normalized spacial score (nSPS) is 19.1. The molecule has 2 aliphatic heterocycles. The first-order valence-electron chi connectivity index (χ1n) is 9.95. The third kappa shape index (κ3) is 3.83. The minimum Gasteiger partial charge on any atom is -0.444 e. The summed E-state index contributed by atoms with van der Waals surface area (Å²) in [6, 6.07) is 10.4. The number of nitrogens with zero attached hydrogens (tertiary/aromatic N) is 2. The van der Waals surface area contributed by atoms with Gasteiger partial charge in [-0.3, -0.25) is 9.88 Å². The average molecular weight is 380 g/mol. The Hall–Kier alpha value is -2.60. The topological polar surface area (TPSA) is 66.5 Å². The highest BCUT2D eigenvalue weighted by Crippen LogP contribution is 2.33. The molecule has 0 bridgehead atoms. The zero-order chi connectivity index (χ0) is 19.7.